The fraction of sp³-hybridized carbons (Fsp3) is 0.625. The average molecular weight is 578 g/mol. The summed E-state index contributed by atoms with van der Waals surface area (Å²) in [5.41, 5.74) is 2.99. The molecule has 34 heavy (non-hydrogen) atoms. The maximum absolute atomic E-state index is 2.30. The third-order valence-corrected chi connectivity index (χ3v) is 6.95. The van der Waals surface area contributed by atoms with Crippen LogP contribution in [0.2, 0.25) is 0 Å². The molecule has 0 atom stereocenters. The topological polar surface area (TPSA) is 3.24 Å². The van der Waals surface area contributed by atoms with E-state index in [1.807, 2.05) is 0 Å². The molecule has 0 aliphatic rings. The van der Waals surface area contributed by atoms with Gasteiger partial charge in [-0.25, -0.2) is 0 Å². The average Bonchev–Trinajstić information content (AvgIpc) is 2.82. The van der Waals surface area contributed by atoms with Crippen LogP contribution in [0, 0.1) is 5.92 Å². The molecular formula is C32H52IN. The van der Waals surface area contributed by atoms with Crippen molar-refractivity contribution in [2.75, 3.05) is 20.6 Å². The molecule has 2 aromatic rings. The molecule has 0 aliphatic carbocycles. The van der Waals surface area contributed by atoms with Crippen molar-refractivity contribution in [1.82, 2.24) is 4.90 Å². The van der Waals surface area contributed by atoms with Crippen molar-refractivity contribution in [3.05, 3.63) is 71.8 Å². The molecule has 0 radical (unpaired) electrons. The Kier molecular flexibility index (Phi) is 19.6. The van der Waals surface area contributed by atoms with Gasteiger partial charge in [-0.1, -0.05) is 138 Å². The van der Waals surface area contributed by atoms with E-state index in [1.54, 1.807) is 0 Å². The van der Waals surface area contributed by atoms with E-state index in [0.29, 0.717) is 0 Å². The van der Waals surface area contributed by atoms with E-state index in [-0.39, 0.29) is 24.0 Å². The molecule has 2 heteroatoms. The van der Waals surface area contributed by atoms with Crippen molar-refractivity contribution in [3.8, 4) is 0 Å². The SMILES string of the molecule is CN(C)CCCCCCCCCCCCCCCC(Cc1ccccc1)Cc1ccccc1.I. The standard InChI is InChI=1S/C32H51N.HI/c1-33(2)27-21-13-11-9-7-5-3-4-6-8-10-12-16-26-32(28-30-22-17-14-18-23-30)29-31-24-19-15-20-25-31;/h14-15,17-20,22-25,32H,3-13,16,21,26-29H2,1-2H3;1H. The Morgan fingerprint density at radius 2 is 0.853 bits per heavy atom. The second-order valence-electron chi connectivity index (χ2n) is 10.4. The van der Waals surface area contributed by atoms with Gasteiger partial charge in [0.25, 0.3) is 0 Å². The van der Waals surface area contributed by atoms with Crippen LogP contribution in [0.4, 0.5) is 0 Å². The van der Waals surface area contributed by atoms with Gasteiger partial charge in [0, 0.05) is 0 Å². The van der Waals surface area contributed by atoms with Crippen molar-refractivity contribution in [1.29, 1.82) is 0 Å². The largest absolute Gasteiger partial charge is 0.309 e. The first-order valence-electron chi connectivity index (χ1n) is 14.0. The number of hydrogen-bond acceptors (Lipinski definition) is 1. The van der Waals surface area contributed by atoms with Gasteiger partial charge in [0.1, 0.15) is 0 Å². The van der Waals surface area contributed by atoms with Crippen molar-refractivity contribution in [3.63, 3.8) is 0 Å². The summed E-state index contributed by atoms with van der Waals surface area (Å²) in [5, 5.41) is 0. The Morgan fingerprint density at radius 3 is 1.24 bits per heavy atom. The minimum atomic E-state index is 0. The minimum Gasteiger partial charge on any atom is -0.309 e. The molecule has 2 aromatic carbocycles. The third-order valence-electron chi connectivity index (χ3n) is 6.95. The van der Waals surface area contributed by atoms with Gasteiger partial charge in [-0.05, 0) is 63.4 Å². The van der Waals surface area contributed by atoms with Gasteiger partial charge in [-0.2, -0.15) is 0 Å². The first kappa shape index (κ1) is 31.2. The Bertz CT molecular complexity index is 628. The maximum atomic E-state index is 2.30. The lowest BCUT2D eigenvalue weighted by molar-refractivity contribution is 0.389. The molecule has 0 aromatic heterocycles. The van der Waals surface area contributed by atoms with Crippen LogP contribution in [-0.2, 0) is 12.8 Å². The highest BCUT2D eigenvalue weighted by Crippen LogP contribution is 2.21. The molecular weight excluding hydrogens is 525 g/mol. The number of benzene rings is 2. The molecule has 0 aliphatic heterocycles. The fourth-order valence-corrected chi connectivity index (χ4v) is 4.98. The molecule has 0 N–H and O–H groups in total. The minimum absolute atomic E-state index is 0. The molecule has 0 saturated carbocycles. The molecule has 192 valence electrons. The lowest BCUT2D eigenvalue weighted by atomic mass is 9.88. The summed E-state index contributed by atoms with van der Waals surface area (Å²) in [5.74, 6) is 0.762. The van der Waals surface area contributed by atoms with Crippen LogP contribution in [-0.4, -0.2) is 25.5 Å². The molecule has 0 unspecified atom stereocenters. The van der Waals surface area contributed by atoms with Gasteiger partial charge in [0.2, 0.25) is 0 Å². The van der Waals surface area contributed by atoms with Crippen LogP contribution in [0.3, 0.4) is 0 Å². The van der Waals surface area contributed by atoms with E-state index >= 15 is 0 Å². The highest BCUT2D eigenvalue weighted by molar-refractivity contribution is 14.0. The second-order valence-corrected chi connectivity index (χ2v) is 10.4. The summed E-state index contributed by atoms with van der Waals surface area (Å²) in [6.07, 6.45) is 22.4. The quantitative estimate of drug-likeness (QED) is 0.112. The van der Waals surface area contributed by atoms with Crippen molar-refractivity contribution in [2.24, 2.45) is 5.92 Å². The zero-order valence-electron chi connectivity index (χ0n) is 22.2. The van der Waals surface area contributed by atoms with Crippen LogP contribution >= 0.6 is 24.0 Å². The van der Waals surface area contributed by atoms with Gasteiger partial charge in [-0.3, -0.25) is 0 Å². The Balaban J connectivity index is 0.00000578. The summed E-state index contributed by atoms with van der Waals surface area (Å²) in [6, 6.07) is 22.2. The Labute approximate surface area is 229 Å². The number of rotatable bonds is 20. The highest BCUT2D eigenvalue weighted by atomic mass is 127. The normalized spacial score (nSPS) is 11.2. The highest BCUT2D eigenvalue weighted by Gasteiger charge is 2.11. The van der Waals surface area contributed by atoms with Crippen LogP contribution < -0.4 is 0 Å². The number of nitrogens with zero attached hydrogens (tertiary/aromatic N) is 1. The van der Waals surface area contributed by atoms with E-state index in [4.69, 9.17) is 0 Å². The zero-order valence-corrected chi connectivity index (χ0v) is 24.6. The predicted octanol–water partition coefficient (Wildman–Crippen LogP) is 9.73. The molecule has 1 nitrogen and oxygen atoms in total. The maximum Gasteiger partial charge on any atom is -0.00248 e. The van der Waals surface area contributed by atoms with Gasteiger partial charge >= 0.3 is 0 Å². The van der Waals surface area contributed by atoms with E-state index in [1.165, 1.54) is 120 Å². The molecule has 0 amide bonds. The number of unbranched alkanes of at least 4 members (excludes halogenated alkanes) is 12. The zero-order chi connectivity index (χ0) is 23.4. The van der Waals surface area contributed by atoms with Gasteiger partial charge < -0.3 is 4.90 Å². The molecule has 2 rings (SSSR count). The van der Waals surface area contributed by atoms with E-state index in [0.717, 1.165) is 5.92 Å². The third kappa shape index (κ3) is 16.7. The second kappa shape index (κ2) is 21.4. The number of hydrogen-bond donors (Lipinski definition) is 0. The summed E-state index contributed by atoms with van der Waals surface area (Å²) >= 11 is 0. The van der Waals surface area contributed by atoms with E-state index < -0.39 is 0 Å². The van der Waals surface area contributed by atoms with E-state index in [2.05, 4.69) is 79.7 Å². The monoisotopic (exact) mass is 577 g/mol. The molecule has 0 bridgehead atoms. The lowest BCUT2D eigenvalue weighted by Crippen LogP contribution is -2.12. The van der Waals surface area contributed by atoms with Crippen molar-refractivity contribution in [2.45, 2.75) is 103 Å². The number of halogens is 1. The van der Waals surface area contributed by atoms with Gasteiger partial charge in [-0.15, -0.1) is 24.0 Å². The van der Waals surface area contributed by atoms with Crippen LogP contribution in [0.5, 0.6) is 0 Å². The summed E-state index contributed by atoms with van der Waals surface area (Å²) in [7, 11) is 4.35. The Hall–Kier alpha value is -0.870. The predicted molar refractivity (Wildman–Crippen MR) is 162 cm³/mol. The molecule has 0 fully saturated rings. The lowest BCUT2D eigenvalue weighted by Gasteiger charge is -2.17. The molecule has 0 heterocycles. The Morgan fingerprint density at radius 1 is 0.500 bits per heavy atom. The van der Waals surface area contributed by atoms with Gasteiger partial charge in [0.15, 0.2) is 0 Å². The fourth-order valence-electron chi connectivity index (χ4n) is 4.98. The van der Waals surface area contributed by atoms with Crippen LogP contribution in [0.15, 0.2) is 60.7 Å². The van der Waals surface area contributed by atoms with Crippen LogP contribution in [0.25, 0.3) is 0 Å². The first-order valence-corrected chi connectivity index (χ1v) is 14.0. The summed E-state index contributed by atoms with van der Waals surface area (Å²) in [4.78, 5) is 2.30. The summed E-state index contributed by atoms with van der Waals surface area (Å²) < 4.78 is 0. The van der Waals surface area contributed by atoms with Crippen LogP contribution in [0.1, 0.15) is 101 Å². The summed E-state index contributed by atoms with van der Waals surface area (Å²) in [6.45, 7) is 1.25. The smallest absolute Gasteiger partial charge is 0.00248 e. The van der Waals surface area contributed by atoms with E-state index in [9.17, 15) is 0 Å². The van der Waals surface area contributed by atoms with Gasteiger partial charge in [0.05, 0.1) is 0 Å². The molecule has 0 spiro atoms. The first-order chi connectivity index (χ1) is 16.2. The molecule has 0 saturated heterocycles. The van der Waals surface area contributed by atoms with Crippen molar-refractivity contribution < 1.29 is 0 Å². The van der Waals surface area contributed by atoms with Crippen molar-refractivity contribution >= 4 is 24.0 Å².